The van der Waals surface area contributed by atoms with Crippen LogP contribution in [0.3, 0.4) is 0 Å². The summed E-state index contributed by atoms with van der Waals surface area (Å²) < 4.78 is 51.9. The van der Waals surface area contributed by atoms with E-state index in [1.165, 1.54) is 54.6 Å². The Bertz CT molecular complexity index is 941. The Labute approximate surface area is 151 Å². The third-order valence-corrected chi connectivity index (χ3v) is 3.49. The van der Waals surface area contributed by atoms with Crippen molar-refractivity contribution in [3.8, 4) is 0 Å². The van der Waals surface area contributed by atoms with Crippen molar-refractivity contribution < 1.29 is 22.4 Å². The second-order valence-electron chi connectivity index (χ2n) is 5.43. The van der Waals surface area contributed by atoms with Crippen LogP contribution in [-0.2, 0) is 6.18 Å². The number of nitrogens with zero attached hydrogens (tertiary/aromatic N) is 2. The molecule has 138 valence electrons. The molecule has 0 aliphatic rings. The van der Waals surface area contributed by atoms with Gasteiger partial charge in [0.2, 0.25) is 0 Å². The van der Waals surface area contributed by atoms with Gasteiger partial charge in [-0.2, -0.15) is 13.2 Å². The number of hydrogen-bond donors (Lipinski definition) is 2. The molecule has 2 N–H and O–H groups in total. The fourth-order valence-corrected chi connectivity index (χ4v) is 2.23. The van der Waals surface area contributed by atoms with Crippen molar-refractivity contribution in [3.63, 3.8) is 0 Å². The van der Waals surface area contributed by atoms with Crippen LogP contribution in [0.5, 0.6) is 0 Å². The lowest BCUT2D eigenvalue weighted by molar-refractivity contribution is -0.136. The molecule has 3 rings (SSSR count). The average molecular weight is 376 g/mol. The fraction of sp³-hybridized carbons (Fsp3) is 0.0556. The Hall–Kier alpha value is -3.49. The molecule has 0 spiro atoms. The molecule has 1 amide bonds. The summed E-state index contributed by atoms with van der Waals surface area (Å²) in [6.07, 6.45) is -4.52. The number of halogens is 4. The van der Waals surface area contributed by atoms with E-state index >= 15 is 0 Å². The highest BCUT2D eigenvalue weighted by Gasteiger charge is 2.33. The summed E-state index contributed by atoms with van der Waals surface area (Å²) in [5.41, 5.74) is -0.703. The molecular formula is C18H12F4N4O. The van der Waals surface area contributed by atoms with Crippen molar-refractivity contribution in [1.29, 1.82) is 0 Å². The molecule has 1 heterocycles. The van der Waals surface area contributed by atoms with Crippen molar-refractivity contribution in [2.75, 3.05) is 10.6 Å². The van der Waals surface area contributed by atoms with Gasteiger partial charge in [0.15, 0.2) is 11.5 Å². The third-order valence-electron chi connectivity index (χ3n) is 3.49. The van der Waals surface area contributed by atoms with Crippen LogP contribution in [0.15, 0.2) is 60.7 Å². The standard InChI is InChI=1S/C18H12F4N4O/c19-11-5-7-12(8-6-11)23-17(27)15-9-10-16(26-25-15)24-14-4-2-1-3-13(14)18(20,21)22/h1-10H,(H,23,27)(H,24,26). The first-order valence-corrected chi connectivity index (χ1v) is 7.67. The van der Waals surface area contributed by atoms with Gasteiger partial charge in [0.1, 0.15) is 5.82 Å². The number of benzene rings is 2. The van der Waals surface area contributed by atoms with E-state index in [4.69, 9.17) is 0 Å². The number of hydrogen-bond acceptors (Lipinski definition) is 4. The van der Waals surface area contributed by atoms with Gasteiger partial charge in [0.05, 0.1) is 11.3 Å². The minimum atomic E-state index is -4.52. The molecule has 0 bridgehead atoms. The maximum atomic E-state index is 13.0. The van der Waals surface area contributed by atoms with E-state index in [1.807, 2.05) is 0 Å². The summed E-state index contributed by atoms with van der Waals surface area (Å²) in [7, 11) is 0. The molecular weight excluding hydrogens is 364 g/mol. The van der Waals surface area contributed by atoms with Gasteiger partial charge in [-0.05, 0) is 48.5 Å². The van der Waals surface area contributed by atoms with Crippen molar-refractivity contribution in [1.82, 2.24) is 10.2 Å². The summed E-state index contributed by atoms with van der Waals surface area (Å²) in [6, 6.07) is 12.7. The van der Waals surface area contributed by atoms with E-state index < -0.39 is 23.5 Å². The Morgan fingerprint density at radius 3 is 2.22 bits per heavy atom. The highest BCUT2D eigenvalue weighted by atomic mass is 19.4. The van der Waals surface area contributed by atoms with E-state index in [2.05, 4.69) is 20.8 Å². The minimum Gasteiger partial charge on any atom is -0.338 e. The second-order valence-corrected chi connectivity index (χ2v) is 5.43. The van der Waals surface area contributed by atoms with E-state index in [0.717, 1.165) is 6.07 Å². The van der Waals surface area contributed by atoms with E-state index in [1.54, 1.807) is 0 Å². The number of carbonyl (C=O) groups excluding carboxylic acids is 1. The van der Waals surface area contributed by atoms with Crippen LogP contribution in [-0.4, -0.2) is 16.1 Å². The molecule has 1 aromatic heterocycles. The van der Waals surface area contributed by atoms with Crippen LogP contribution in [0.1, 0.15) is 16.1 Å². The largest absolute Gasteiger partial charge is 0.418 e. The van der Waals surface area contributed by atoms with Crippen molar-refractivity contribution in [3.05, 3.63) is 77.7 Å². The predicted molar refractivity (Wildman–Crippen MR) is 91.1 cm³/mol. The molecule has 2 aromatic carbocycles. The minimum absolute atomic E-state index is 0.0463. The average Bonchev–Trinajstić information content (AvgIpc) is 2.64. The molecule has 0 aliphatic carbocycles. The second kappa shape index (κ2) is 7.40. The summed E-state index contributed by atoms with van der Waals surface area (Å²) >= 11 is 0. The van der Waals surface area contributed by atoms with Crippen LogP contribution < -0.4 is 10.6 Å². The number of aromatic nitrogens is 2. The lowest BCUT2D eigenvalue weighted by Crippen LogP contribution is -2.15. The Balaban J connectivity index is 1.72. The molecule has 0 saturated heterocycles. The summed E-state index contributed by atoms with van der Waals surface area (Å²) in [6.45, 7) is 0. The zero-order chi connectivity index (χ0) is 19.4. The topological polar surface area (TPSA) is 66.9 Å². The van der Waals surface area contributed by atoms with Gasteiger partial charge in [-0.25, -0.2) is 4.39 Å². The number of carbonyl (C=O) groups is 1. The van der Waals surface area contributed by atoms with Crippen LogP contribution in [0.2, 0.25) is 0 Å². The summed E-state index contributed by atoms with van der Waals surface area (Å²) in [5, 5.41) is 12.5. The third kappa shape index (κ3) is 4.57. The molecule has 3 aromatic rings. The maximum absolute atomic E-state index is 13.0. The molecule has 0 saturated carbocycles. The Morgan fingerprint density at radius 2 is 1.59 bits per heavy atom. The predicted octanol–water partition coefficient (Wildman–Crippen LogP) is 4.63. The Morgan fingerprint density at radius 1 is 0.889 bits per heavy atom. The van der Waals surface area contributed by atoms with Gasteiger partial charge in [-0.1, -0.05) is 12.1 Å². The first-order chi connectivity index (χ1) is 12.8. The van der Waals surface area contributed by atoms with Crippen molar-refractivity contribution in [2.24, 2.45) is 0 Å². The van der Waals surface area contributed by atoms with Crippen molar-refractivity contribution >= 4 is 23.1 Å². The number of rotatable bonds is 4. The molecule has 0 atom stereocenters. The van der Waals surface area contributed by atoms with Crippen LogP contribution in [0.4, 0.5) is 34.8 Å². The van der Waals surface area contributed by atoms with Gasteiger partial charge in [-0.3, -0.25) is 4.79 Å². The molecule has 9 heteroatoms. The molecule has 5 nitrogen and oxygen atoms in total. The zero-order valence-electron chi connectivity index (χ0n) is 13.6. The number of nitrogens with one attached hydrogen (secondary N) is 2. The fourth-order valence-electron chi connectivity index (χ4n) is 2.23. The maximum Gasteiger partial charge on any atom is 0.418 e. The van der Waals surface area contributed by atoms with Gasteiger partial charge in [0.25, 0.3) is 5.91 Å². The first-order valence-electron chi connectivity index (χ1n) is 7.67. The van der Waals surface area contributed by atoms with E-state index in [0.29, 0.717) is 5.69 Å². The van der Waals surface area contributed by atoms with Crippen LogP contribution in [0.25, 0.3) is 0 Å². The quantitative estimate of drug-likeness (QED) is 0.652. The van der Waals surface area contributed by atoms with Gasteiger partial charge in [-0.15, -0.1) is 10.2 Å². The smallest absolute Gasteiger partial charge is 0.338 e. The van der Waals surface area contributed by atoms with Crippen LogP contribution in [0, 0.1) is 5.82 Å². The lowest BCUT2D eigenvalue weighted by atomic mass is 10.1. The number of para-hydroxylation sites is 1. The van der Waals surface area contributed by atoms with Crippen molar-refractivity contribution in [2.45, 2.75) is 6.18 Å². The SMILES string of the molecule is O=C(Nc1ccc(F)cc1)c1ccc(Nc2ccccc2C(F)(F)F)nn1. The molecule has 0 radical (unpaired) electrons. The normalized spacial score (nSPS) is 11.1. The number of amides is 1. The highest BCUT2D eigenvalue weighted by molar-refractivity contribution is 6.02. The zero-order valence-corrected chi connectivity index (χ0v) is 13.6. The molecule has 0 unspecified atom stereocenters. The molecule has 0 fully saturated rings. The number of anilines is 3. The molecule has 27 heavy (non-hydrogen) atoms. The van der Waals surface area contributed by atoms with Crippen LogP contribution >= 0.6 is 0 Å². The summed E-state index contributed by atoms with van der Waals surface area (Å²) in [5.74, 6) is -0.983. The Kier molecular flexibility index (Phi) is 5.02. The highest BCUT2D eigenvalue weighted by Crippen LogP contribution is 2.35. The first kappa shape index (κ1) is 18.3. The lowest BCUT2D eigenvalue weighted by Gasteiger charge is -2.13. The van der Waals surface area contributed by atoms with E-state index in [9.17, 15) is 22.4 Å². The monoisotopic (exact) mass is 376 g/mol. The van der Waals surface area contributed by atoms with E-state index in [-0.39, 0.29) is 17.2 Å². The molecule has 0 aliphatic heterocycles. The summed E-state index contributed by atoms with van der Waals surface area (Å²) in [4.78, 5) is 12.1. The van der Waals surface area contributed by atoms with Gasteiger partial charge >= 0.3 is 6.18 Å². The van der Waals surface area contributed by atoms with Gasteiger partial charge in [0, 0.05) is 5.69 Å². The van der Waals surface area contributed by atoms with Gasteiger partial charge < -0.3 is 10.6 Å². The number of alkyl halides is 3.